The zero-order chi connectivity index (χ0) is 22.3. The molecule has 1 N–H and O–H groups in total. The summed E-state index contributed by atoms with van der Waals surface area (Å²) in [6.07, 6.45) is -1.37. The number of benzene rings is 1. The first kappa shape index (κ1) is 21.0. The number of ketones is 1. The molecule has 0 radical (unpaired) electrons. The second-order valence-corrected chi connectivity index (χ2v) is 7.68. The van der Waals surface area contributed by atoms with Crippen molar-refractivity contribution in [2.45, 2.75) is 31.5 Å². The third-order valence-electron chi connectivity index (χ3n) is 5.22. The Kier molecular flexibility index (Phi) is 5.30. The van der Waals surface area contributed by atoms with Crippen LogP contribution in [0.5, 0.6) is 0 Å². The van der Waals surface area contributed by atoms with E-state index in [1.165, 1.54) is 41.3 Å². The summed E-state index contributed by atoms with van der Waals surface area (Å²) in [7, 11) is 0. The molecule has 6 nitrogen and oxygen atoms in total. The van der Waals surface area contributed by atoms with Gasteiger partial charge in [0.05, 0.1) is 35.0 Å². The second-order valence-electron chi connectivity index (χ2n) is 7.30. The highest BCUT2D eigenvalue weighted by Gasteiger charge is 2.37. The molecule has 1 aromatic carbocycles. The Morgan fingerprint density at radius 2 is 1.87 bits per heavy atom. The minimum atomic E-state index is -4.45. The van der Waals surface area contributed by atoms with Crippen LogP contribution in [0, 0.1) is 0 Å². The van der Waals surface area contributed by atoms with Crippen molar-refractivity contribution in [2.24, 2.45) is 0 Å². The molecule has 3 aromatic rings. The Bertz CT molecular complexity index is 1140. The van der Waals surface area contributed by atoms with Crippen molar-refractivity contribution >= 4 is 29.0 Å². The minimum Gasteiger partial charge on any atom is -0.319 e. The lowest BCUT2D eigenvalue weighted by Gasteiger charge is -2.28. The summed E-state index contributed by atoms with van der Waals surface area (Å²) in [6, 6.07) is 7.35. The summed E-state index contributed by atoms with van der Waals surface area (Å²) >= 11 is 5.73. The number of pyridine rings is 1. The Morgan fingerprint density at radius 3 is 2.48 bits per heavy atom. The van der Waals surface area contributed by atoms with Crippen molar-refractivity contribution in [1.29, 1.82) is 0 Å². The molecule has 0 fully saturated rings. The fraction of sp³-hybridized carbons (Fsp3) is 0.238. The lowest BCUT2D eigenvalue weighted by Crippen LogP contribution is -2.29. The van der Waals surface area contributed by atoms with E-state index in [1.807, 2.05) is 6.92 Å². The molecule has 2 aromatic heterocycles. The number of carbonyl (C=O) groups excluding carboxylic acids is 2. The minimum absolute atomic E-state index is 0.192. The molecule has 1 unspecified atom stereocenters. The number of rotatable bonds is 3. The average molecular weight is 449 g/mol. The number of halogens is 4. The fourth-order valence-corrected chi connectivity index (χ4v) is 3.75. The maximum absolute atomic E-state index is 13.2. The Hall–Kier alpha value is -3.20. The van der Waals surface area contributed by atoms with Crippen LogP contribution in [0.3, 0.4) is 0 Å². The lowest BCUT2D eigenvalue weighted by molar-refractivity contribution is -0.137. The summed E-state index contributed by atoms with van der Waals surface area (Å²) in [5, 5.41) is 7.12. The Balaban J connectivity index is 1.62. The van der Waals surface area contributed by atoms with Gasteiger partial charge in [-0.25, -0.2) is 4.98 Å². The van der Waals surface area contributed by atoms with Crippen LogP contribution < -0.4 is 5.32 Å². The van der Waals surface area contributed by atoms with Crippen LogP contribution in [0.1, 0.15) is 57.3 Å². The lowest BCUT2D eigenvalue weighted by atomic mass is 9.84. The molecule has 31 heavy (non-hydrogen) atoms. The van der Waals surface area contributed by atoms with Crippen LogP contribution in [0.4, 0.5) is 18.9 Å². The number of nitrogens with zero attached hydrogens (tertiary/aromatic N) is 3. The van der Waals surface area contributed by atoms with Gasteiger partial charge in [-0.1, -0.05) is 23.7 Å². The normalized spacial score (nSPS) is 18.5. The number of anilines is 1. The molecule has 1 aliphatic rings. The van der Waals surface area contributed by atoms with E-state index in [0.29, 0.717) is 12.0 Å². The monoisotopic (exact) mass is 448 g/mol. The second kappa shape index (κ2) is 7.81. The van der Waals surface area contributed by atoms with Crippen LogP contribution in [-0.4, -0.2) is 26.5 Å². The van der Waals surface area contributed by atoms with Gasteiger partial charge in [-0.15, -0.1) is 0 Å². The van der Waals surface area contributed by atoms with Crippen molar-refractivity contribution in [2.75, 3.05) is 5.32 Å². The number of nitrogens with one attached hydrogen (secondary N) is 1. The van der Waals surface area contributed by atoms with Crippen molar-refractivity contribution in [3.63, 3.8) is 0 Å². The van der Waals surface area contributed by atoms with Gasteiger partial charge in [0, 0.05) is 6.20 Å². The van der Waals surface area contributed by atoms with Gasteiger partial charge in [0.25, 0.3) is 5.91 Å². The van der Waals surface area contributed by atoms with Crippen LogP contribution in [0.2, 0.25) is 5.15 Å². The number of alkyl halides is 3. The quantitative estimate of drug-likeness (QED) is 0.563. The Morgan fingerprint density at radius 1 is 1.16 bits per heavy atom. The number of fused-ring (bicyclic) bond motifs is 1. The number of carbonyl (C=O) groups is 2. The Labute approximate surface area is 180 Å². The van der Waals surface area contributed by atoms with Gasteiger partial charge >= 0.3 is 6.18 Å². The molecule has 3 heterocycles. The first-order chi connectivity index (χ1) is 14.6. The third-order valence-corrected chi connectivity index (χ3v) is 5.44. The van der Waals surface area contributed by atoms with Crippen LogP contribution in [0.15, 0.2) is 48.8 Å². The van der Waals surface area contributed by atoms with Gasteiger partial charge < -0.3 is 5.32 Å². The van der Waals surface area contributed by atoms with Crippen LogP contribution in [0.25, 0.3) is 0 Å². The van der Waals surface area contributed by atoms with E-state index in [4.69, 9.17) is 11.6 Å². The molecule has 4 rings (SSSR count). The van der Waals surface area contributed by atoms with E-state index in [2.05, 4.69) is 15.4 Å². The van der Waals surface area contributed by atoms with E-state index in [0.717, 1.165) is 12.1 Å². The summed E-state index contributed by atoms with van der Waals surface area (Å²) in [4.78, 5) is 29.6. The highest BCUT2D eigenvalue weighted by Crippen LogP contribution is 2.39. The molecule has 0 spiro atoms. The molecule has 0 saturated heterocycles. The van der Waals surface area contributed by atoms with Crippen molar-refractivity contribution in [1.82, 2.24) is 14.8 Å². The largest absolute Gasteiger partial charge is 0.416 e. The predicted molar refractivity (Wildman–Crippen MR) is 107 cm³/mol. The molecule has 0 saturated carbocycles. The van der Waals surface area contributed by atoms with Gasteiger partial charge in [-0.05, 0) is 43.2 Å². The van der Waals surface area contributed by atoms with Gasteiger partial charge in [0.15, 0.2) is 5.78 Å². The average Bonchev–Trinajstić information content (AvgIpc) is 3.15. The zero-order valence-corrected chi connectivity index (χ0v) is 16.9. The third kappa shape index (κ3) is 4.05. The predicted octanol–water partition coefficient (Wildman–Crippen LogP) is 5.13. The van der Waals surface area contributed by atoms with E-state index in [1.54, 1.807) is 0 Å². The first-order valence-corrected chi connectivity index (χ1v) is 9.74. The summed E-state index contributed by atoms with van der Waals surface area (Å²) in [6.45, 7) is 1.86. The maximum Gasteiger partial charge on any atom is 0.416 e. The topological polar surface area (TPSA) is 76.9 Å². The van der Waals surface area contributed by atoms with Crippen molar-refractivity contribution < 1.29 is 22.8 Å². The summed E-state index contributed by atoms with van der Waals surface area (Å²) in [5.41, 5.74) is 0.394. The molecular weight excluding hydrogens is 433 g/mol. The van der Waals surface area contributed by atoms with Crippen molar-refractivity contribution in [3.05, 3.63) is 76.3 Å². The van der Waals surface area contributed by atoms with Gasteiger partial charge in [0.2, 0.25) is 0 Å². The number of amides is 1. The van der Waals surface area contributed by atoms with Crippen molar-refractivity contribution in [3.8, 4) is 0 Å². The van der Waals surface area contributed by atoms with Gasteiger partial charge in [-0.3, -0.25) is 14.3 Å². The molecule has 1 aliphatic heterocycles. The van der Waals surface area contributed by atoms with E-state index >= 15 is 0 Å². The standard InChI is InChI=1S/C21H16ClF3N4O2/c1-11-8-15(12-2-5-14(6-3-12)21(23,24)25)19(30)18-16(10-27-29(11)18)28-20(31)13-4-7-17(22)26-9-13/h2-7,9-11,15H,8H2,1H3,(H,28,31)/t11-,15?/m0/s1. The highest BCUT2D eigenvalue weighted by molar-refractivity contribution is 6.29. The van der Waals surface area contributed by atoms with Crippen LogP contribution in [-0.2, 0) is 6.18 Å². The first-order valence-electron chi connectivity index (χ1n) is 9.37. The number of hydrogen-bond acceptors (Lipinski definition) is 4. The number of hydrogen-bond donors (Lipinski definition) is 1. The summed E-state index contributed by atoms with van der Waals surface area (Å²) in [5.74, 6) is -1.45. The maximum atomic E-state index is 13.2. The molecule has 0 aliphatic carbocycles. The highest BCUT2D eigenvalue weighted by atomic mass is 35.5. The molecule has 160 valence electrons. The summed E-state index contributed by atoms with van der Waals surface area (Å²) < 4.78 is 40.1. The number of aromatic nitrogens is 3. The van der Waals surface area contributed by atoms with Gasteiger partial charge in [-0.2, -0.15) is 18.3 Å². The molecule has 10 heteroatoms. The van der Waals surface area contributed by atoms with Gasteiger partial charge in [0.1, 0.15) is 10.8 Å². The zero-order valence-electron chi connectivity index (χ0n) is 16.2. The molecule has 0 bridgehead atoms. The smallest absolute Gasteiger partial charge is 0.319 e. The van der Waals surface area contributed by atoms with E-state index in [9.17, 15) is 22.8 Å². The number of Topliss-reactive ketones (excluding diaryl/α,β-unsaturated/α-hetero) is 1. The molecule has 2 atom stereocenters. The fourth-order valence-electron chi connectivity index (χ4n) is 3.64. The van der Waals surface area contributed by atoms with E-state index in [-0.39, 0.29) is 33.9 Å². The van der Waals surface area contributed by atoms with Crippen LogP contribution >= 0.6 is 11.6 Å². The molecular formula is C21H16ClF3N4O2. The SMILES string of the molecule is C[C@H]1CC(c2ccc(C(F)(F)F)cc2)C(=O)c2c(NC(=O)c3ccc(Cl)nc3)cnn21. The molecule has 1 amide bonds. The van der Waals surface area contributed by atoms with E-state index < -0.39 is 23.6 Å².